The molecule has 0 saturated heterocycles. The van der Waals surface area contributed by atoms with Gasteiger partial charge < -0.3 is 4.74 Å². The van der Waals surface area contributed by atoms with Gasteiger partial charge in [0.2, 0.25) is 0 Å². The maximum Gasteiger partial charge on any atom is 0.337 e. The zero-order chi connectivity index (χ0) is 13.1. The molecule has 1 aromatic heterocycles. The van der Waals surface area contributed by atoms with E-state index in [-0.39, 0.29) is 11.1 Å². The largest absolute Gasteiger partial charge is 0.465 e. The first-order valence-electron chi connectivity index (χ1n) is 5.12. The van der Waals surface area contributed by atoms with Gasteiger partial charge in [-0.1, -0.05) is 11.6 Å². The summed E-state index contributed by atoms with van der Waals surface area (Å²) in [6.07, 6.45) is 1.52. The zero-order valence-corrected chi connectivity index (χ0v) is 10.2. The molecule has 5 heteroatoms. The number of esters is 1. The fourth-order valence-electron chi connectivity index (χ4n) is 1.54. The van der Waals surface area contributed by atoms with Gasteiger partial charge in [-0.15, -0.1) is 0 Å². The number of hydrogen-bond donors (Lipinski definition) is 0. The van der Waals surface area contributed by atoms with E-state index in [0.29, 0.717) is 10.7 Å². The first-order chi connectivity index (χ1) is 8.63. The standard InChI is InChI=1S/C13H9ClFNO2/c1-18-13(17)8-4-5-9(11(15)7-8)12-10(14)3-2-6-16-12/h2-7H,1H3. The van der Waals surface area contributed by atoms with E-state index in [9.17, 15) is 9.18 Å². The second-order valence-electron chi connectivity index (χ2n) is 3.52. The van der Waals surface area contributed by atoms with E-state index in [1.807, 2.05) is 0 Å². The summed E-state index contributed by atoms with van der Waals surface area (Å²) in [6, 6.07) is 7.31. The summed E-state index contributed by atoms with van der Waals surface area (Å²) in [5, 5.41) is 0.349. The molecule has 0 spiro atoms. The highest BCUT2D eigenvalue weighted by Crippen LogP contribution is 2.28. The Morgan fingerprint density at radius 2 is 2.17 bits per heavy atom. The monoisotopic (exact) mass is 265 g/mol. The highest BCUT2D eigenvalue weighted by molar-refractivity contribution is 6.33. The van der Waals surface area contributed by atoms with Crippen molar-refractivity contribution in [2.75, 3.05) is 7.11 Å². The highest BCUT2D eigenvalue weighted by atomic mass is 35.5. The summed E-state index contributed by atoms with van der Waals surface area (Å²) < 4.78 is 18.4. The van der Waals surface area contributed by atoms with Gasteiger partial charge in [0.15, 0.2) is 0 Å². The first kappa shape index (κ1) is 12.5. The third-order valence-electron chi connectivity index (χ3n) is 2.40. The topological polar surface area (TPSA) is 39.2 Å². The lowest BCUT2D eigenvalue weighted by molar-refractivity contribution is 0.0600. The molecular weight excluding hydrogens is 257 g/mol. The molecule has 0 fully saturated rings. The van der Waals surface area contributed by atoms with E-state index in [0.717, 1.165) is 6.07 Å². The average molecular weight is 266 g/mol. The number of carbonyl (C=O) groups excluding carboxylic acids is 1. The third kappa shape index (κ3) is 2.33. The molecule has 0 aliphatic rings. The van der Waals surface area contributed by atoms with Crippen molar-refractivity contribution in [1.29, 1.82) is 0 Å². The van der Waals surface area contributed by atoms with Gasteiger partial charge in [-0.05, 0) is 30.3 Å². The molecule has 1 heterocycles. The average Bonchev–Trinajstić information content (AvgIpc) is 2.39. The van der Waals surface area contributed by atoms with Crippen LogP contribution in [0.3, 0.4) is 0 Å². The van der Waals surface area contributed by atoms with E-state index in [2.05, 4.69) is 9.72 Å². The van der Waals surface area contributed by atoms with Crippen molar-refractivity contribution in [2.45, 2.75) is 0 Å². The number of ether oxygens (including phenoxy) is 1. The first-order valence-corrected chi connectivity index (χ1v) is 5.50. The Kier molecular flexibility index (Phi) is 3.58. The number of hydrogen-bond acceptors (Lipinski definition) is 3. The molecule has 0 saturated carbocycles. The van der Waals surface area contributed by atoms with Crippen molar-refractivity contribution in [3.8, 4) is 11.3 Å². The Balaban J connectivity index is 2.49. The SMILES string of the molecule is COC(=O)c1ccc(-c2ncccc2Cl)c(F)c1. The Labute approximate surface area is 108 Å². The van der Waals surface area contributed by atoms with Crippen molar-refractivity contribution in [3.63, 3.8) is 0 Å². The van der Waals surface area contributed by atoms with Crippen LogP contribution in [0.15, 0.2) is 36.5 Å². The van der Waals surface area contributed by atoms with Crippen LogP contribution >= 0.6 is 11.6 Å². The van der Waals surface area contributed by atoms with E-state index < -0.39 is 11.8 Å². The second kappa shape index (κ2) is 5.14. The summed E-state index contributed by atoms with van der Waals surface area (Å²) in [7, 11) is 1.24. The van der Waals surface area contributed by atoms with Crippen LogP contribution in [0.25, 0.3) is 11.3 Å². The van der Waals surface area contributed by atoms with Gasteiger partial charge in [-0.2, -0.15) is 0 Å². The van der Waals surface area contributed by atoms with Crippen molar-refractivity contribution in [1.82, 2.24) is 4.98 Å². The Hall–Kier alpha value is -1.94. The van der Waals surface area contributed by atoms with Crippen LogP contribution in [0.1, 0.15) is 10.4 Å². The van der Waals surface area contributed by atoms with Crippen molar-refractivity contribution in [2.24, 2.45) is 0 Å². The van der Waals surface area contributed by atoms with Gasteiger partial charge in [0.05, 0.1) is 23.4 Å². The van der Waals surface area contributed by atoms with Gasteiger partial charge in [0.1, 0.15) is 5.82 Å². The van der Waals surface area contributed by atoms with E-state index >= 15 is 0 Å². The Morgan fingerprint density at radius 1 is 1.39 bits per heavy atom. The number of halogens is 2. The summed E-state index contributed by atoms with van der Waals surface area (Å²) in [6.45, 7) is 0. The maximum atomic E-state index is 13.9. The molecule has 0 bridgehead atoms. The van der Waals surface area contributed by atoms with Crippen molar-refractivity contribution >= 4 is 17.6 Å². The molecule has 0 N–H and O–H groups in total. The number of carbonyl (C=O) groups is 1. The van der Waals surface area contributed by atoms with E-state index in [4.69, 9.17) is 11.6 Å². The fourth-order valence-corrected chi connectivity index (χ4v) is 1.76. The number of benzene rings is 1. The zero-order valence-electron chi connectivity index (χ0n) is 9.48. The van der Waals surface area contributed by atoms with Crippen LogP contribution in [0, 0.1) is 5.82 Å². The summed E-state index contributed by atoms with van der Waals surface area (Å²) in [4.78, 5) is 15.3. The van der Waals surface area contributed by atoms with Gasteiger partial charge >= 0.3 is 5.97 Å². The Bertz CT molecular complexity index is 601. The molecule has 0 atom stereocenters. The molecule has 3 nitrogen and oxygen atoms in total. The Morgan fingerprint density at radius 3 is 2.78 bits per heavy atom. The minimum Gasteiger partial charge on any atom is -0.465 e. The molecule has 0 amide bonds. The van der Waals surface area contributed by atoms with Gasteiger partial charge in [0.25, 0.3) is 0 Å². The molecule has 1 aromatic carbocycles. The summed E-state index contributed by atoms with van der Waals surface area (Å²) in [5.74, 6) is -1.16. The lowest BCUT2D eigenvalue weighted by atomic mass is 10.1. The fraction of sp³-hybridized carbons (Fsp3) is 0.0769. The molecular formula is C13H9ClFNO2. The minimum atomic E-state index is -0.590. The quantitative estimate of drug-likeness (QED) is 0.782. The van der Waals surface area contributed by atoms with E-state index in [1.54, 1.807) is 12.1 Å². The number of pyridine rings is 1. The van der Waals surface area contributed by atoms with Crippen LogP contribution in [0.4, 0.5) is 4.39 Å². The lowest BCUT2D eigenvalue weighted by Gasteiger charge is -2.06. The molecule has 92 valence electrons. The van der Waals surface area contributed by atoms with Gasteiger partial charge in [0, 0.05) is 11.8 Å². The molecule has 0 aliphatic heterocycles. The van der Waals surface area contributed by atoms with Gasteiger partial charge in [-0.25, -0.2) is 9.18 Å². The highest BCUT2D eigenvalue weighted by Gasteiger charge is 2.13. The maximum absolute atomic E-state index is 13.9. The lowest BCUT2D eigenvalue weighted by Crippen LogP contribution is -2.02. The predicted molar refractivity (Wildman–Crippen MR) is 66.0 cm³/mol. The third-order valence-corrected chi connectivity index (χ3v) is 2.71. The molecule has 2 aromatic rings. The summed E-state index contributed by atoms with van der Waals surface area (Å²) >= 11 is 5.94. The predicted octanol–water partition coefficient (Wildman–Crippen LogP) is 3.33. The van der Waals surface area contributed by atoms with E-state index in [1.165, 1.54) is 25.4 Å². The number of aromatic nitrogens is 1. The normalized spacial score (nSPS) is 10.2. The molecule has 0 radical (unpaired) electrons. The molecule has 18 heavy (non-hydrogen) atoms. The van der Waals surface area contributed by atoms with Crippen LogP contribution < -0.4 is 0 Å². The summed E-state index contributed by atoms with van der Waals surface area (Å²) in [5.41, 5.74) is 0.729. The second-order valence-corrected chi connectivity index (χ2v) is 3.93. The number of nitrogens with zero attached hydrogens (tertiary/aromatic N) is 1. The number of rotatable bonds is 2. The van der Waals surface area contributed by atoms with Gasteiger partial charge in [-0.3, -0.25) is 4.98 Å². The molecule has 2 rings (SSSR count). The van der Waals surface area contributed by atoms with Crippen LogP contribution in [0.2, 0.25) is 5.02 Å². The smallest absolute Gasteiger partial charge is 0.337 e. The van der Waals surface area contributed by atoms with Crippen molar-refractivity contribution in [3.05, 3.63) is 52.9 Å². The van der Waals surface area contributed by atoms with Crippen LogP contribution in [-0.4, -0.2) is 18.1 Å². The van der Waals surface area contributed by atoms with Crippen LogP contribution in [0.5, 0.6) is 0 Å². The number of methoxy groups -OCH3 is 1. The minimum absolute atomic E-state index is 0.144. The molecule has 0 aliphatic carbocycles. The van der Waals surface area contributed by atoms with Crippen LogP contribution in [-0.2, 0) is 4.74 Å². The van der Waals surface area contributed by atoms with Crippen molar-refractivity contribution < 1.29 is 13.9 Å². The molecule has 0 unspecified atom stereocenters.